The molecule has 1 aromatic rings. The standard InChI is InChI=1S/C15H24F2O3Si/c1-10(2)18-21(19-11(3)4,20-12(5)6)15-8-7-13(16)9-14(15)17/h7-12H,1-6H3. The molecule has 0 radical (unpaired) electrons. The molecule has 0 saturated carbocycles. The summed E-state index contributed by atoms with van der Waals surface area (Å²) in [5.74, 6) is -1.35. The van der Waals surface area contributed by atoms with Gasteiger partial charge in [-0.3, -0.25) is 0 Å². The minimum atomic E-state index is -3.47. The highest BCUT2D eigenvalue weighted by molar-refractivity contribution is 6.75. The largest absolute Gasteiger partial charge is 0.540 e. The summed E-state index contributed by atoms with van der Waals surface area (Å²) in [6, 6.07) is 3.37. The van der Waals surface area contributed by atoms with E-state index >= 15 is 0 Å². The van der Waals surface area contributed by atoms with Gasteiger partial charge < -0.3 is 13.3 Å². The first-order valence-corrected chi connectivity index (χ1v) is 8.87. The molecule has 0 atom stereocenters. The van der Waals surface area contributed by atoms with Gasteiger partial charge in [-0.25, -0.2) is 8.78 Å². The quantitative estimate of drug-likeness (QED) is 0.721. The Hall–Kier alpha value is -0.823. The maximum atomic E-state index is 14.3. The fourth-order valence-electron chi connectivity index (χ4n) is 1.94. The van der Waals surface area contributed by atoms with Gasteiger partial charge in [0.15, 0.2) is 0 Å². The molecule has 0 saturated heterocycles. The van der Waals surface area contributed by atoms with Gasteiger partial charge in [0.2, 0.25) is 0 Å². The predicted molar refractivity (Wildman–Crippen MR) is 80.4 cm³/mol. The Morgan fingerprint density at radius 1 is 0.810 bits per heavy atom. The van der Waals surface area contributed by atoms with Crippen molar-refractivity contribution < 1.29 is 22.1 Å². The van der Waals surface area contributed by atoms with E-state index in [0.29, 0.717) is 0 Å². The number of hydrogen-bond donors (Lipinski definition) is 0. The van der Waals surface area contributed by atoms with Crippen LogP contribution in [0.3, 0.4) is 0 Å². The van der Waals surface area contributed by atoms with Gasteiger partial charge in [0.05, 0.1) is 5.19 Å². The van der Waals surface area contributed by atoms with Gasteiger partial charge in [0, 0.05) is 24.4 Å². The summed E-state index contributed by atoms with van der Waals surface area (Å²) in [5, 5.41) is 0.167. The molecule has 0 fully saturated rings. The lowest BCUT2D eigenvalue weighted by Crippen LogP contribution is -2.61. The minimum Gasteiger partial charge on any atom is -0.367 e. The van der Waals surface area contributed by atoms with E-state index in [2.05, 4.69) is 0 Å². The van der Waals surface area contributed by atoms with Crippen molar-refractivity contribution in [3.63, 3.8) is 0 Å². The lowest BCUT2D eigenvalue weighted by Gasteiger charge is -2.34. The van der Waals surface area contributed by atoms with E-state index in [1.807, 2.05) is 41.5 Å². The molecule has 120 valence electrons. The zero-order valence-corrected chi connectivity index (χ0v) is 14.4. The van der Waals surface area contributed by atoms with Crippen LogP contribution in [0, 0.1) is 11.6 Å². The first-order valence-electron chi connectivity index (χ1n) is 7.15. The molecule has 0 unspecified atom stereocenters. The molecular weight excluding hydrogens is 294 g/mol. The van der Waals surface area contributed by atoms with E-state index in [1.165, 1.54) is 12.1 Å². The summed E-state index contributed by atoms with van der Waals surface area (Å²) >= 11 is 0. The van der Waals surface area contributed by atoms with Gasteiger partial charge in [0.25, 0.3) is 0 Å². The number of halogens is 2. The summed E-state index contributed by atoms with van der Waals surface area (Å²) < 4.78 is 45.1. The van der Waals surface area contributed by atoms with Crippen molar-refractivity contribution in [2.24, 2.45) is 0 Å². The Bertz CT molecular complexity index is 438. The van der Waals surface area contributed by atoms with Crippen LogP contribution < -0.4 is 5.19 Å². The second-order valence-electron chi connectivity index (χ2n) is 5.68. The van der Waals surface area contributed by atoms with Crippen molar-refractivity contribution in [3.8, 4) is 0 Å². The number of hydrogen-bond acceptors (Lipinski definition) is 3. The lowest BCUT2D eigenvalue weighted by molar-refractivity contribution is 0.0148. The fraction of sp³-hybridized carbons (Fsp3) is 0.600. The molecule has 0 aliphatic rings. The molecule has 0 aliphatic heterocycles. The minimum absolute atomic E-state index is 0.167. The van der Waals surface area contributed by atoms with Crippen LogP contribution in [-0.4, -0.2) is 27.1 Å². The van der Waals surface area contributed by atoms with E-state index in [-0.39, 0.29) is 23.5 Å². The van der Waals surface area contributed by atoms with Gasteiger partial charge in [0.1, 0.15) is 11.6 Å². The number of benzene rings is 1. The topological polar surface area (TPSA) is 27.7 Å². The van der Waals surface area contributed by atoms with Gasteiger partial charge in [-0.05, 0) is 53.7 Å². The van der Waals surface area contributed by atoms with Crippen molar-refractivity contribution in [2.75, 3.05) is 0 Å². The van der Waals surface area contributed by atoms with Crippen LogP contribution >= 0.6 is 0 Å². The van der Waals surface area contributed by atoms with Crippen LogP contribution in [0.5, 0.6) is 0 Å². The Balaban J connectivity index is 3.36. The molecule has 0 N–H and O–H groups in total. The van der Waals surface area contributed by atoms with Gasteiger partial charge in [-0.2, -0.15) is 0 Å². The van der Waals surface area contributed by atoms with Crippen LogP contribution in [0.15, 0.2) is 18.2 Å². The zero-order valence-electron chi connectivity index (χ0n) is 13.4. The molecule has 0 bridgehead atoms. The van der Waals surface area contributed by atoms with E-state index in [4.69, 9.17) is 13.3 Å². The summed E-state index contributed by atoms with van der Waals surface area (Å²) in [4.78, 5) is 0. The average molecular weight is 318 g/mol. The van der Waals surface area contributed by atoms with Gasteiger partial charge in [-0.1, -0.05) is 0 Å². The highest BCUT2D eigenvalue weighted by Gasteiger charge is 2.48. The molecule has 0 aromatic heterocycles. The predicted octanol–water partition coefficient (Wildman–Crippen LogP) is 3.39. The smallest absolute Gasteiger partial charge is 0.367 e. The molecule has 0 heterocycles. The Labute approximate surface area is 126 Å². The first kappa shape index (κ1) is 18.2. The summed E-state index contributed by atoms with van der Waals surface area (Å²) in [5.41, 5.74) is 0. The molecule has 3 nitrogen and oxygen atoms in total. The second-order valence-corrected chi connectivity index (χ2v) is 8.04. The third kappa shape index (κ3) is 5.14. The van der Waals surface area contributed by atoms with Crippen molar-refractivity contribution in [1.82, 2.24) is 0 Å². The van der Waals surface area contributed by atoms with E-state index in [9.17, 15) is 8.78 Å². The molecule has 6 heteroatoms. The van der Waals surface area contributed by atoms with Crippen LogP contribution in [0.2, 0.25) is 0 Å². The van der Waals surface area contributed by atoms with Crippen LogP contribution in [-0.2, 0) is 13.3 Å². The van der Waals surface area contributed by atoms with Crippen molar-refractivity contribution >= 4 is 14.0 Å². The highest BCUT2D eigenvalue weighted by atomic mass is 28.4. The van der Waals surface area contributed by atoms with E-state index < -0.39 is 20.4 Å². The Morgan fingerprint density at radius 3 is 1.57 bits per heavy atom. The maximum absolute atomic E-state index is 14.3. The molecule has 0 aliphatic carbocycles. The SMILES string of the molecule is CC(C)O[Si](OC(C)C)(OC(C)C)c1ccc(F)cc1F. The zero-order chi connectivity index (χ0) is 16.2. The molecule has 1 rings (SSSR count). The molecular formula is C15H24F2O3Si. The fourth-order valence-corrected chi connectivity index (χ4v) is 5.00. The van der Waals surface area contributed by atoms with Crippen LogP contribution in [0.1, 0.15) is 41.5 Å². The van der Waals surface area contributed by atoms with E-state index in [1.54, 1.807) is 0 Å². The van der Waals surface area contributed by atoms with Crippen LogP contribution in [0.25, 0.3) is 0 Å². The third-order valence-corrected chi connectivity index (χ3v) is 5.84. The second kappa shape index (κ2) is 7.44. The molecule has 0 amide bonds. The lowest BCUT2D eigenvalue weighted by atomic mass is 10.3. The third-order valence-electron chi connectivity index (χ3n) is 2.43. The Morgan fingerprint density at radius 2 is 1.24 bits per heavy atom. The molecule has 1 aromatic carbocycles. The summed E-state index contributed by atoms with van der Waals surface area (Å²) in [7, 11) is -3.47. The van der Waals surface area contributed by atoms with Gasteiger partial charge in [-0.15, -0.1) is 0 Å². The van der Waals surface area contributed by atoms with Crippen molar-refractivity contribution in [3.05, 3.63) is 29.8 Å². The Kier molecular flexibility index (Phi) is 6.46. The van der Waals surface area contributed by atoms with Crippen molar-refractivity contribution in [1.29, 1.82) is 0 Å². The summed E-state index contributed by atoms with van der Waals surface area (Å²) in [6.07, 6.45) is -0.629. The molecule has 21 heavy (non-hydrogen) atoms. The first-order chi connectivity index (χ1) is 9.66. The van der Waals surface area contributed by atoms with Crippen molar-refractivity contribution in [2.45, 2.75) is 59.9 Å². The van der Waals surface area contributed by atoms with Crippen LogP contribution in [0.4, 0.5) is 8.78 Å². The normalized spacial score (nSPS) is 12.7. The monoisotopic (exact) mass is 318 g/mol. The summed E-state index contributed by atoms with van der Waals surface area (Å²) in [6.45, 7) is 11.0. The highest BCUT2D eigenvalue weighted by Crippen LogP contribution is 2.19. The maximum Gasteiger partial charge on any atom is 0.540 e. The molecule has 0 spiro atoms. The average Bonchev–Trinajstić information content (AvgIpc) is 2.24. The van der Waals surface area contributed by atoms with E-state index in [0.717, 1.165) is 6.07 Å². The number of rotatable bonds is 7. The van der Waals surface area contributed by atoms with Gasteiger partial charge >= 0.3 is 8.80 Å².